The SMILES string of the molecule is COC1=CC2=C(CC1OC)CC(C)n1c(C)c(-c3ccc(O)cc3C)c(C#N)c12. The smallest absolute Gasteiger partial charge is 0.125 e. The lowest BCUT2D eigenvalue weighted by Gasteiger charge is -2.33. The molecule has 0 radical (unpaired) electrons. The molecule has 2 unspecified atom stereocenters. The Morgan fingerprint density at radius 3 is 2.59 bits per heavy atom. The predicted molar refractivity (Wildman–Crippen MR) is 112 cm³/mol. The number of ether oxygens (including phenoxy) is 2. The van der Waals surface area contributed by atoms with Gasteiger partial charge in [-0.15, -0.1) is 0 Å². The molecule has 0 spiro atoms. The average Bonchev–Trinajstić information content (AvgIpc) is 3.00. The molecule has 29 heavy (non-hydrogen) atoms. The van der Waals surface area contributed by atoms with Gasteiger partial charge in [-0.3, -0.25) is 0 Å². The second-order valence-corrected chi connectivity index (χ2v) is 7.91. The second-order valence-electron chi connectivity index (χ2n) is 7.91. The van der Waals surface area contributed by atoms with Gasteiger partial charge in [0.1, 0.15) is 23.7 Å². The number of aromatic nitrogens is 1. The Bertz CT molecular complexity index is 1100. The van der Waals surface area contributed by atoms with Crippen LogP contribution in [0, 0.1) is 25.2 Å². The molecule has 0 fully saturated rings. The number of aryl methyl sites for hydroxylation is 1. The first-order valence-corrected chi connectivity index (χ1v) is 9.86. The Morgan fingerprint density at radius 1 is 1.21 bits per heavy atom. The van der Waals surface area contributed by atoms with Crippen LogP contribution in [0.3, 0.4) is 0 Å². The van der Waals surface area contributed by atoms with Crippen molar-refractivity contribution >= 4 is 5.57 Å². The molecule has 1 aromatic carbocycles. The lowest BCUT2D eigenvalue weighted by molar-refractivity contribution is 0.0766. The minimum Gasteiger partial charge on any atom is -0.508 e. The molecule has 0 amide bonds. The fourth-order valence-electron chi connectivity index (χ4n) is 4.93. The Kier molecular flexibility index (Phi) is 4.76. The molecule has 5 nitrogen and oxygen atoms in total. The van der Waals surface area contributed by atoms with E-state index in [0.717, 1.165) is 52.3 Å². The molecular formula is C24H26N2O3. The molecule has 0 saturated heterocycles. The van der Waals surface area contributed by atoms with Crippen molar-refractivity contribution in [1.82, 2.24) is 4.57 Å². The maximum atomic E-state index is 10.2. The molecule has 4 rings (SSSR count). The summed E-state index contributed by atoms with van der Waals surface area (Å²) in [5.41, 5.74) is 7.98. The van der Waals surface area contributed by atoms with Crippen LogP contribution in [0.25, 0.3) is 16.7 Å². The third-order valence-corrected chi connectivity index (χ3v) is 6.22. The van der Waals surface area contributed by atoms with Gasteiger partial charge in [0.05, 0.1) is 18.4 Å². The van der Waals surface area contributed by atoms with Gasteiger partial charge in [-0.2, -0.15) is 5.26 Å². The summed E-state index contributed by atoms with van der Waals surface area (Å²) >= 11 is 0. The number of aromatic hydroxyl groups is 1. The van der Waals surface area contributed by atoms with Crippen LogP contribution in [0.4, 0.5) is 0 Å². The van der Waals surface area contributed by atoms with Gasteiger partial charge in [-0.1, -0.05) is 11.6 Å². The van der Waals surface area contributed by atoms with E-state index in [2.05, 4.69) is 24.5 Å². The minimum atomic E-state index is -0.0853. The number of phenolic OH excluding ortho intramolecular Hbond substituents is 1. The van der Waals surface area contributed by atoms with Crippen LogP contribution in [0.5, 0.6) is 5.75 Å². The Balaban J connectivity index is 2.00. The van der Waals surface area contributed by atoms with Crippen LogP contribution in [-0.4, -0.2) is 30.0 Å². The summed E-state index contributed by atoms with van der Waals surface area (Å²) in [6.07, 6.45) is 3.65. The van der Waals surface area contributed by atoms with Gasteiger partial charge in [0, 0.05) is 36.4 Å². The highest BCUT2D eigenvalue weighted by molar-refractivity contribution is 5.89. The van der Waals surface area contributed by atoms with Crippen LogP contribution >= 0.6 is 0 Å². The van der Waals surface area contributed by atoms with E-state index in [9.17, 15) is 10.4 Å². The molecule has 2 heterocycles. The van der Waals surface area contributed by atoms with Gasteiger partial charge in [-0.25, -0.2) is 0 Å². The monoisotopic (exact) mass is 390 g/mol. The van der Waals surface area contributed by atoms with Crippen LogP contribution in [0.15, 0.2) is 35.6 Å². The predicted octanol–water partition coefficient (Wildman–Crippen LogP) is 5.02. The number of fused-ring (bicyclic) bond motifs is 2. The van der Waals surface area contributed by atoms with Crippen molar-refractivity contribution < 1.29 is 14.6 Å². The number of nitrogens with zero attached hydrogens (tertiary/aromatic N) is 2. The van der Waals surface area contributed by atoms with Gasteiger partial charge in [0.15, 0.2) is 0 Å². The van der Waals surface area contributed by atoms with Gasteiger partial charge in [0.2, 0.25) is 0 Å². The third-order valence-electron chi connectivity index (χ3n) is 6.22. The van der Waals surface area contributed by atoms with Crippen LogP contribution in [-0.2, 0) is 9.47 Å². The number of benzene rings is 1. The number of allylic oxidation sites excluding steroid dienone is 2. The number of methoxy groups -OCH3 is 2. The minimum absolute atomic E-state index is 0.0853. The van der Waals surface area contributed by atoms with E-state index in [1.807, 2.05) is 19.1 Å². The topological polar surface area (TPSA) is 67.4 Å². The van der Waals surface area contributed by atoms with E-state index >= 15 is 0 Å². The highest BCUT2D eigenvalue weighted by Crippen LogP contribution is 2.47. The molecule has 1 aliphatic carbocycles. The van der Waals surface area contributed by atoms with E-state index in [1.165, 1.54) is 5.57 Å². The summed E-state index contributed by atoms with van der Waals surface area (Å²) in [5.74, 6) is 1.02. The zero-order valence-corrected chi connectivity index (χ0v) is 17.5. The van der Waals surface area contributed by atoms with Crippen molar-refractivity contribution in [3.05, 3.63) is 58.1 Å². The first kappa shape index (κ1) is 19.4. The van der Waals surface area contributed by atoms with Crippen molar-refractivity contribution in [2.75, 3.05) is 14.2 Å². The maximum Gasteiger partial charge on any atom is 0.125 e. The third kappa shape index (κ3) is 2.87. The first-order chi connectivity index (χ1) is 13.9. The van der Waals surface area contributed by atoms with Gasteiger partial charge in [0.25, 0.3) is 0 Å². The zero-order chi connectivity index (χ0) is 20.9. The van der Waals surface area contributed by atoms with Gasteiger partial charge in [-0.05, 0) is 56.5 Å². The van der Waals surface area contributed by atoms with E-state index < -0.39 is 0 Å². The highest BCUT2D eigenvalue weighted by Gasteiger charge is 2.35. The molecule has 2 aromatic rings. The summed E-state index contributed by atoms with van der Waals surface area (Å²) in [4.78, 5) is 0. The summed E-state index contributed by atoms with van der Waals surface area (Å²) in [5, 5.41) is 20.0. The van der Waals surface area contributed by atoms with Crippen LogP contribution in [0.1, 0.15) is 48.3 Å². The average molecular weight is 390 g/mol. The van der Waals surface area contributed by atoms with Gasteiger partial charge < -0.3 is 19.1 Å². The summed E-state index contributed by atoms with van der Waals surface area (Å²) in [6, 6.07) is 8.05. The van der Waals surface area contributed by atoms with Crippen LogP contribution in [0.2, 0.25) is 0 Å². The molecule has 150 valence electrons. The van der Waals surface area contributed by atoms with Crippen molar-refractivity contribution in [2.45, 2.75) is 45.8 Å². The Morgan fingerprint density at radius 2 is 1.97 bits per heavy atom. The second kappa shape index (κ2) is 7.13. The molecule has 1 aromatic heterocycles. The number of rotatable bonds is 3. The van der Waals surface area contributed by atoms with Crippen molar-refractivity contribution in [3.63, 3.8) is 0 Å². The summed E-state index contributed by atoms with van der Waals surface area (Å²) in [6.45, 7) is 6.25. The van der Waals surface area contributed by atoms with Crippen LogP contribution < -0.4 is 0 Å². The van der Waals surface area contributed by atoms with Crippen molar-refractivity contribution in [3.8, 4) is 22.9 Å². The zero-order valence-electron chi connectivity index (χ0n) is 17.5. The molecule has 0 saturated carbocycles. The molecular weight excluding hydrogens is 364 g/mol. The maximum absolute atomic E-state index is 10.2. The summed E-state index contributed by atoms with van der Waals surface area (Å²) < 4.78 is 13.5. The number of hydrogen-bond acceptors (Lipinski definition) is 4. The van der Waals surface area contributed by atoms with Crippen molar-refractivity contribution in [1.29, 1.82) is 5.26 Å². The van der Waals surface area contributed by atoms with Gasteiger partial charge >= 0.3 is 0 Å². The first-order valence-electron chi connectivity index (χ1n) is 9.86. The normalized spacial score (nSPS) is 20.6. The molecule has 5 heteroatoms. The molecule has 0 bridgehead atoms. The van der Waals surface area contributed by atoms with E-state index in [1.54, 1.807) is 26.4 Å². The quantitative estimate of drug-likeness (QED) is 0.799. The molecule has 2 atom stereocenters. The Hall–Kier alpha value is -2.97. The molecule has 1 aliphatic heterocycles. The standard InChI is InChI=1S/C24H26N2O3/c1-13-8-17(27)6-7-18(13)23-15(3)26-14(2)9-16-10-21(28-4)22(29-5)11-19(16)24(26)20(23)12-25/h6-8,11,14,21,27H,9-10H2,1-5H3. The molecule has 2 aliphatic rings. The van der Waals surface area contributed by atoms with Crippen molar-refractivity contribution in [2.24, 2.45) is 0 Å². The fraction of sp³-hybridized carbons (Fsp3) is 0.375. The van der Waals surface area contributed by atoms with E-state index in [-0.39, 0.29) is 17.9 Å². The number of hydrogen-bond donors (Lipinski definition) is 1. The lowest BCUT2D eigenvalue weighted by Crippen LogP contribution is -2.25. The number of nitriles is 1. The molecule has 1 N–H and O–H groups in total. The lowest BCUT2D eigenvalue weighted by atomic mass is 9.84. The highest BCUT2D eigenvalue weighted by atomic mass is 16.5. The summed E-state index contributed by atoms with van der Waals surface area (Å²) in [7, 11) is 3.37. The Labute approximate surface area is 171 Å². The van der Waals surface area contributed by atoms with E-state index in [4.69, 9.17) is 9.47 Å². The largest absolute Gasteiger partial charge is 0.508 e. The number of phenols is 1. The fourth-order valence-corrected chi connectivity index (χ4v) is 4.93. The van der Waals surface area contributed by atoms with E-state index in [0.29, 0.717) is 5.56 Å².